The number of imidazole rings is 1. The maximum Gasteiger partial charge on any atom is 0.137 e. The fourth-order valence-corrected chi connectivity index (χ4v) is 2.70. The minimum absolute atomic E-state index is 0.647. The Morgan fingerprint density at radius 3 is 2.43 bits per heavy atom. The van der Waals surface area contributed by atoms with Crippen LogP contribution in [0.5, 0.6) is 0 Å². The van der Waals surface area contributed by atoms with E-state index in [4.69, 9.17) is 33.9 Å². The number of fused-ring (bicyclic) bond motifs is 1. The molecule has 0 aliphatic rings. The molecule has 2 N–H and O–H groups in total. The SMILES string of the molecule is NCCCc1c(-c2ccc(Cl)cc2)nc2ccc(Cl)cn12. The summed E-state index contributed by atoms with van der Waals surface area (Å²) in [4.78, 5) is 4.73. The first kappa shape index (κ1) is 14.4. The fraction of sp³-hybridized carbons (Fsp3) is 0.188. The minimum atomic E-state index is 0.647. The lowest BCUT2D eigenvalue weighted by molar-refractivity contribution is 0.804. The Morgan fingerprint density at radius 1 is 1.00 bits per heavy atom. The molecular weight excluding hydrogens is 305 g/mol. The van der Waals surface area contributed by atoms with Crippen LogP contribution < -0.4 is 5.73 Å². The zero-order valence-corrected chi connectivity index (χ0v) is 12.9. The van der Waals surface area contributed by atoms with Crippen molar-refractivity contribution in [2.24, 2.45) is 5.73 Å². The molecule has 0 saturated heterocycles. The van der Waals surface area contributed by atoms with Crippen molar-refractivity contribution in [3.8, 4) is 11.3 Å². The van der Waals surface area contributed by atoms with Crippen LogP contribution in [0.2, 0.25) is 10.0 Å². The maximum absolute atomic E-state index is 6.11. The van der Waals surface area contributed by atoms with Gasteiger partial charge >= 0.3 is 0 Å². The molecule has 0 amide bonds. The van der Waals surface area contributed by atoms with Gasteiger partial charge in [-0.3, -0.25) is 0 Å². The van der Waals surface area contributed by atoms with Crippen LogP contribution >= 0.6 is 23.2 Å². The third-order valence-electron chi connectivity index (χ3n) is 3.42. The topological polar surface area (TPSA) is 43.3 Å². The maximum atomic E-state index is 6.11. The predicted molar refractivity (Wildman–Crippen MR) is 88.0 cm³/mol. The summed E-state index contributed by atoms with van der Waals surface area (Å²) in [5.74, 6) is 0. The molecule has 2 aromatic heterocycles. The van der Waals surface area contributed by atoms with E-state index in [1.54, 1.807) is 0 Å². The number of hydrogen-bond donors (Lipinski definition) is 1. The van der Waals surface area contributed by atoms with Crippen molar-refractivity contribution in [1.29, 1.82) is 0 Å². The average molecular weight is 320 g/mol. The Hall–Kier alpha value is -1.55. The second kappa shape index (κ2) is 6.06. The van der Waals surface area contributed by atoms with Crippen molar-refractivity contribution in [2.75, 3.05) is 6.54 Å². The van der Waals surface area contributed by atoms with Crippen LogP contribution in [0.4, 0.5) is 0 Å². The summed E-state index contributed by atoms with van der Waals surface area (Å²) in [6.07, 6.45) is 3.66. The van der Waals surface area contributed by atoms with Crippen LogP contribution in [0.3, 0.4) is 0 Å². The molecule has 3 aromatic rings. The highest BCUT2D eigenvalue weighted by Gasteiger charge is 2.13. The number of aryl methyl sites for hydroxylation is 1. The summed E-state index contributed by atoms with van der Waals surface area (Å²) < 4.78 is 2.04. The number of nitrogens with two attached hydrogens (primary N) is 1. The predicted octanol–water partition coefficient (Wildman–Crippen LogP) is 4.20. The van der Waals surface area contributed by atoms with E-state index in [-0.39, 0.29) is 0 Å². The molecule has 5 heteroatoms. The second-order valence-electron chi connectivity index (χ2n) is 4.88. The molecule has 1 aromatic carbocycles. The Kier molecular flexibility index (Phi) is 4.15. The van der Waals surface area contributed by atoms with Crippen LogP contribution in [0.15, 0.2) is 42.6 Å². The number of pyridine rings is 1. The molecule has 0 fully saturated rings. The second-order valence-corrected chi connectivity index (χ2v) is 5.75. The van der Waals surface area contributed by atoms with Gasteiger partial charge in [-0.15, -0.1) is 0 Å². The summed E-state index contributed by atoms with van der Waals surface area (Å²) in [7, 11) is 0. The average Bonchev–Trinajstić information content (AvgIpc) is 2.83. The molecule has 108 valence electrons. The Balaban J connectivity index is 2.18. The van der Waals surface area contributed by atoms with Crippen LogP contribution in [0.25, 0.3) is 16.9 Å². The molecule has 0 atom stereocenters. The van der Waals surface area contributed by atoms with Gasteiger partial charge < -0.3 is 10.1 Å². The first-order chi connectivity index (χ1) is 10.2. The van der Waals surface area contributed by atoms with Crippen LogP contribution in [0, 0.1) is 0 Å². The lowest BCUT2D eigenvalue weighted by Gasteiger charge is -2.05. The smallest absolute Gasteiger partial charge is 0.137 e. The summed E-state index contributed by atoms with van der Waals surface area (Å²) in [6, 6.07) is 11.5. The lowest BCUT2D eigenvalue weighted by atomic mass is 10.1. The molecule has 0 spiro atoms. The molecule has 0 saturated carbocycles. The van der Waals surface area contributed by atoms with Gasteiger partial charge in [0.15, 0.2) is 0 Å². The molecule has 0 aliphatic carbocycles. The highest BCUT2D eigenvalue weighted by atomic mass is 35.5. The summed E-state index contributed by atoms with van der Waals surface area (Å²) in [5, 5.41) is 1.41. The van der Waals surface area contributed by atoms with E-state index in [2.05, 4.69) is 0 Å². The van der Waals surface area contributed by atoms with Gasteiger partial charge in [0, 0.05) is 16.8 Å². The van der Waals surface area contributed by atoms with Gasteiger partial charge in [0.25, 0.3) is 0 Å². The van der Waals surface area contributed by atoms with Crippen molar-refractivity contribution in [1.82, 2.24) is 9.38 Å². The van der Waals surface area contributed by atoms with Gasteiger partial charge in [-0.2, -0.15) is 0 Å². The number of aromatic nitrogens is 2. The molecule has 3 nitrogen and oxygen atoms in total. The van der Waals surface area contributed by atoms with E-state index in [0.29, 0.717) is 16.6 Å². The van der Waals surface area contributed by atoms with Gasteiger partial charge in [-0.1, -0.05) is 35.3 Å². The molecule has 0 aliphatic heterocycles. The first-order valence-electron chi connectivity index (χ1n) is 6.81. The largest absolute Gasteiger partial charge is 0.330 e. The van der Waals surface area contributed by atoms with E-state index in [1.165, 1.54) is 0 Å². The zero-order chi connectivity index (χ0) is 14.8. The van der Waals surface area contributed by atoms with E-state index in [9.17, 15) is 0 Å². The van der Waals surface area contributed by atoms with Crippen LogP contribution in [-0.2, 0) is 6.42 Å². The van der Waals surface area contributed by atoms with Crippen molar-refractivity contribution < 1.29 is 0 Å². The van der Waals surface area contributed by atoms with E-state index < -0.39 is 0 Å². The summed E-state index contributed by atoms with van der Waals surface area (Å²) in [6.45, 7) is 0.647. The zero-order valence-electron chi connectivity index (χ0n) is 11.4. The molecule has 2 heterocycles. The Bertz CT molecular complexity index is 763. The van der Waals surface area contributed by atoms with Crippen molar-refractivity contribution in [3.05, 3.63) is 58.3 Å². The standard InChI is InChI=1S/C16H15Cl2N3/c17-12-5-3-11(4-6-12)16-14(2-1-9-19)21-10-13(18)7-8-15(21)20-16/h3-8,10H,1-2,9,19H2. The Morgan fingerprint density at radius 2 is 1.71 bits per heavy atom. The van der Waals surface area contributed by atoms with Crippen LogP contribution in [0.1, 0.15) is 12.1 Å². The molecular formula is C16H15Cl2N3. The molecule has 3 rings (SSSR count). The molecule has 0 radical (unpaired) electrons. The molecule has 21 heavy (non-hydrogen) atoms. The van der Waals surface area contributed by atoms with E-state index in [1.807, 2.05) is 47.0 Å². The third kappa shape index (κ3) is 2.91. The molecule has 0 unspecified atom stereocenters. The van der Waals surface area contributed by atoms with Gasteiger partial charge in [0.2, 0.25) is 0 Å². The third-order valence-corrected chi connectivity index (χ3v) is 3.89. The Labute approximate surface area is 133 Å². The first-order valence-corrected chi connectivity index (χ1v) is 7.57. The van der Waals surface area contributed by atoms with E-state index in [0.717, 1.165) is 35.4 Å². The van der Waals surface area contributed by atoms with Crippen molar-refractivity contribution in [3.63, 3.8) is 0 Å². The van der Waals surface area contributed by atoms with E-state index >= 15 is 0 Å². The van der Waals surface area contributed by atoms with Crippen molar-refractivity contribution >= 4 is 28.8 Å². The molecule has 0 bridgehead atoms. The van der Waals surface area contributed by atoms with Gasteiger partial charge in [0.1, 0.15) is 5.65 Å². The number of nitrogens with zero attached hydrogens (tertiary/aromatic N) is 2. The minimum Gasteiger partial charge on any atom is -0.330 e. The monoisotopic (exact) mass is 319 g/mol. The summed E-state index contributed by atoms with van der Waals surface area (Å²) >= 11 is 12.1. The van der Waals surface area contributed by atoms with Gasteiger partial charge in [-0.25, -0.2) is 4.98 Å². The lowest BCUT2D eigenvalue weighted by Crippen LogP contribution is -2.03. The normalized spacial score (nSPS) is 11.2. The quantitative estimate of drug-likeness (QED) is 0.783. The number of benzene rings is 1. The van der Waals surface area contributed by atoms with Crippen LogP contribution in [-0.4, -0.2) is 15.9 Å². The number of hydrogen-bond acceptors (Lipinski definition) is 2. The van der Waals surface area contributed by atoms with Crippen molar-refractivity contribution in [2.45, 2.75) is 12.8 Å². The van der Waals surface area contributed by atoms with Gasteiger partial charge in [0.05, 0.1) is 16.4 Å². The van der Waals surface area contributed by atoms with Gasteiger partial charge in [-0.05, 0) is 43.7 Å². The number of rotatable bonds is 4. The highest BCUT2D eigenvalue weighted by molar-refractivity contribution is 6.30. The number of halogens is 2. The summed E-state index contributed by atoms with van der Waals surface area (Å²) in [5.41, 5.74) is 9.67. The highest BCUT2D eigenvalue weighted by Crippen LogP contribution is 2.27. The fourth-order valence-electron chi connectivity index (χ4n) is 2.41.